The van der Waals surface area contributed by atoms with Gasteiger partial charge in [-0.1, -0.05) is 13.8 Å². The molecule has 5 heteroatoms. The van der Waals surface area contributed by atoms with Crippen molar-refractivity contribution in [3.63, 3.8) is 0 Å². The van der Waals surface area contributed by atoms with Crippen molar-refractivity contribution in [3.05, 3.63) is 16.5 Å². The van der Waals surface area contributed by atoms with Crippen molar-refractivity contribution >= 4 is 21.7 Å². The second-order valence-corrected chi connectivity index (χ2v) is 5.20. The summed E-state index contributed by atoms with van der Waals surface area (Å²) in [6, 6.07) is 4.19. The molecule has 0 amide bonds. The van der Waals surface area contributed by atoms with Gasteiger partial charge in [0.2, 0.25) is 0 Å². The van der Waals surface area contributed by atoms with Crippen molar-refractivity contribution in [2.45, 2.75) is 39.2 Å². The van der Waals surface area contributed by atoms with Crippen LogP contribution in [0, 0.1) is 11.3 Å². The van der Waals surface area contributed by atoms with Crippen LogP contribution in [0.25, 0.3) is 0 Å². The monoisotopic (exact) mass is 296 g/mol. The quantitative estimate of drug-likeness (QED) is 0.801. The molecular weight excluding hydrogens is 280 g/mol. The summed E-state index contributed by atoms with van der Waals surface area (Å²) in [7, 11) is 1.95. The molecule has 0 aliphatic carbocycles. The first-order valence-corrected chi connectivity index (χ1v) is 6.39. The van der Waals surface area contributed by atoms with Gasteiger partial charge in [-0.05, 0) is 22.9 Å². The molecule has 0 radical (unpaired) electrons. The van der Waals surface area contributed by atoms with Crippen LogP contribution in [0.3, 0.4) is 0 Å². The van der Waals surface area contributed by atoms with E-state index in [9.17, 15) is 0 Å². The molecule has 1 unspecified atom stereocenters. The number of rotatable bonds is 4. The van der Waals surface area contributed by atoms with E-state index in [2.05, 4.69) is 45.8 Å². The van der Waals surface area contributed by atoms with E-state index >= 15 is 0 Å². The fourth-order valence-corrected chi connectivity index (χ4v) is 1.74. The summed E-state index contributed by atoms with van der Waals surface area (Å²) in [4.78, 5) is 10.8. The van der Waals surface area contributed by atoms with E-state index in [0.717, 1.165) is 16.2 Å². The lowest BCUT2D eigenvalue weighted by atomic mass is 10.2. The van der Waals surface area contributed by atoms with Gasteiger partial charge in [0.15, 0.2) is 0 Å². The molecule has 17 heavy (non-hydrogen) atoms. The summed E-state index contributed by atoms with van der Waals surface area (Å²) in [6.07, 6.45) is 0.481. The maximum absolute atomic E-state index is 8.71. The Morgan fingerprint density at radius 3 is 2.59 bits per heavy atom. The minimum Gasteiger partial charge on any atom is -0.356 e. The van der Waals surface area contributed by atoms with Gasteiger partial charge in [0.25, 0.3) is 0 Å². The predicted octanol–water partition coefficient (Wildman–Crippen LogP) is 3.10. The fourth-order valence-electron chi connectivity index (χ4n) is 1.36. The highest BCUT2D eigenvalue weighted by molar-refractivity contribution is 9.10. The predicted molar refractivity (Wildman–Crippen MR) is 71.9 cm³/mol. The van der Waals surface area contributed by atoms with E-state index in [-0.39, 0.29) is 12.0 Å². The zero-order valence-electron chi connectivity index (χ0n) is 10.6. The van der Waals surface area contributed by atoms with Crippen LogP contribution < -0.4 is 4.90 Å². The molecule has 0 aliphatic rings. The average Bonchev–Trinajstić information content (AvgIpc) is 2.27. The Hall–Kier alpha value is -1.15. The van der Waals surface area contributed by atoms with Crippen LogP contribution in [-0.2, 0) is 0 Å². The number of aromatic nitrogens is 2. The SMILES string of the molecule is CC(C)c1nc(Br)cc(N(C)C(C)CC#N)n1. The molecule has 1 atom stereocenters. The minimum atomic E-state index is 0.141. The van der Waals surface area contributed by atoms with E-state index in [1.807, 2.05) is 24.9 Å². The first kappa shape index (κ1) is 13.9. The smallest absolute Gasteiger partial charge is 0.134 e. The van der Waals surface area contributed by atoms with Gasteiger partial charge in [0.1, 0.15) is 16.2 Å². The Bertz CT molecular complexity index is 425. The molecule has 0 aromatic carbocycles. The Morgan fingerprint density at radius 1 is 1.41 bits per heavy atom. The molecule has 1 aromatic heterocycles. The summed E-state index contributed by atoms with van der Waals surface area (Å²) in [5.41, 5.74) is 0. The van der Waals surface area contributed by atoms with E-state index in [4.69, 9.17) is 5.26 Å². The molecule has 0 saturated carbocycles. The highest BCUT2D eigenvalue weighted by Crippen LogP contribution is 2.21. The van der Waals surface area contributed by atoms with E-state index < -0.39 is 0 Å². The van der Waals surface area contributed by atoms with Crippen LogP contribution in [0.1, 0.15) is 38.9 Å². The van der Waals surface area contributed by atoms with Gasteiger partial charge >= 0.3 is 0 Å². The highest BCUT2D eigenvalue weighted by atomic mass is 79.9. The number of nitrogens with zero attached hydrogens (tertiary/aromatic N) is 4. The molecule has 4 nitrogen and oxygen atoms in total. The lowest BCUT2D eigenvalue weighted by molar-refractivity contribution is 0.681. The number of anilines is 1. The standard InChI is InChI=1S/C12H17BrN4/c1-8(2)12-15-10(13)7-11(16-12)17(4)9(3)5-6-14/h7-9H,5H2,1-4H3. The summed E-state index contributed by atoms with van der Waals surface area (Å²) in [5, 5.41) is 8.71. The average molecular weight is 297 g/mol. The van der Waals surface area contributed by atoms with Crippen molar-refractivity contribution < 1.29 is 0 Å². The van der Waals surface area contributed by atoms with Crippen molar-refractivity contribution in [1.82, 2.24) is 9.97 Å². The molecule has 1 heterocycles. The maximum atomic E-state index is 8.71. The summed E-state index contributed by atoms with van der Waals surface area (Å²) >= 11 is 3.39. The van der Waals surface area contributed by atoms with Crippen molar-refractivity contribution in [2.75, 3.05) is 11.9 Å². The number of nitriles is 1. The summed E-state index contributed by atoms with van der Waals surface area (Å²) in [6.45, 7) is 6.13. The van der Waals surface area contributed by atoms with Gasteiger partial charge in [0.05, 0.1) is 12.5 Å². The zero-order chi connectivity index (χ0) is 13.0. The maximum Gasteiger partial charge on any atom is 0.134 e. The van der Waals surface area contributed by atoms with Crippen LogP contribution in [0.5, 0.6) is 0 Å². The third kappa shape index (κ3) is 3.67. The largest absolute Gasteiger partial charge is 0.356 e. The van der Waals surface area contributed by atoms with Crippen molar-refractivity contribution in [2.24, 2.45) is 0 Å². The van der Waals surface area contributed by atoms with E-state index in [1.165, 1.54) is 0 Å². The second kappa shape index (κ2) is 5.97. The number of halogens is 1. The first-order valence-electron chi connectivity index (χ1n) is 5.60. The van der Waals surface area contributed by atoms with Crippen LogP contribution >= 0.6 is 15.9 Å². The third-order valence-corrected chi connectivity index (χ3v) is 3.03. The second-order valence-electron chi connectivity index (χ2n) is 4.38. The molecule has 0 bridgehead atoms. The van der Waals surface area contributed by atoms with E-state index in [0.29, 0.717) is 6.42 Å². The molecule has 0 spiro atoms. The van der Waals surface area contributed by atoms with Crippen LogP contribution in [0.15, 0.2) is 10.7 Å². The lowest BCUT2D eigenvalue weighted by Gasteiger charge is -2.24. The Morgan fingerprint density at radius 2 is 2.06 bits per heavy atom. The fraction of sp³-hybridized carbons (Fsp3) is 0.583. The lowest BCUT2D eigenvalue weighted by Crippen LogP contribution is -2.29. The minimum absolute atomic E-state index is 0.141. The Kier molecular flexibility index (Phi) is 4.88. The first-order chi connectivity index (χ1) is 7.95. The van der Waals surface area contributed by atoms with Crippen LogP contribution in [0.4, 0.5) is 5.82 Å². The van der Waals surface area contributed by atoms with E-state index in [1.54, 1.807) is 0 Å². The van der Waals surface area contributed by atoms with Crippen molar-refractivity contribution in [1.29, 1.82) is 5.26 Å². The van der Waals surface area contributed by atoms with Crippen molar-refractivity contribution in [3.8, 4) is 6.07 Å². The Labute approximate surface area is 111 Å². The molecule has 0 fully saturated rings. The molecule has 0 saturated heterocycles. The van der Waals surface area contributed by atoms with Gasteiger partial charge in [0, 0.05) is 25.1 Å². The molecule has 0 N–H and O–H groups in total. The zero-order valence-corrected chi connectivity index (χ0v) is 12.2. The van der Waals surface area contributed by atoms with Gasteiger partial charge < -0.3 is 4.90 Å². The highest BCUT2D eigenvalue weighted by Gasteiger charge is 2.14. The van der Waals surface area contributed by atoms with Gasteiger partial charge in [-0.2, -0.15) is 5.26 Å². The molecule has 0 aliphatic heterocycles. The molecule has 1 aromatic rings. The summed E-state index contributed by atoms with van der Waals surface area (Å²) < 4.78 is 0.780. The number of hydrogen-bond acceptors (Lipinski definition) is 4. The Balaban J connectivity index is 3.01. The summed E-state index contributed by atoms with van der Waals surface area (Å²) in [5.74, 6) is 1.94. The molecule has 1 rings (SSSR count). The van der Waals surface area contributed by atoms with Gasteiger partial charge in [-0.15, -0.1) is 0 Å². The van der Waals surface area contributed by atoms with Gasteiger partial charge in [-0.3, -0.25) is 0 Å². The topological polar surface area (TPSA) is 52.8 Å². The van der Waals surface area contributed by atoms with Crippen LogP contribution in [0.2, 0.25) is 0 Å². The third-order valence-electron chi connectivity index (χ3n) is 2.62. The number of hydrogen-bond donors (Lipinski definition) is 0. The van der Waals surface area contributed by atoms with Gasteiger partial charge in [-0.25, -0.2) is 9.97 Å². The molecular formula is C12H17BrN4. The van der Waals surface area contributed by atoms with Crippen LogP contribution in [-0.4, -0.2) is 23.1 Å². The normalized spacial score (nSPS) is 12.3. The molecule has 92 valence electrons.